The molecule has 6 heteroatoms. The third kappa shape index (κ3) is 5.30. The average molecular weight is 284 g/mol. The van der Waals surface area contributed by atoms with Crippen molar-refractivity contribution in [3.63, 3.8) is 0 Å². The fourth-order valence-electron chi connectivity index (χ4n) is 1.55. The summed E-state index contributed by atoms with van der Waals surface area (Å²) in [6, 6.07) is 4.96. The highest BCUT2D eigenvalue weighted by molar-refractivity contribution is 7.92. The van der Waals surface area contributed by atoms with Gasteiger partial charge in [-0.2, -0.15) is 0 Å². The zero-order valence-electron chi connectivity index (χ0n) is 11.5. The number of hydrogen-bond donors (Lipinski definition) is 2. The first-order valence-corrected chi connectivity index (χ1v) is 8.09. The van der Waals surface area contributed by atoms with Crippen molar-refractivity contribution in [1.82, 2.24) is 5.32 Å². The number of aryl methyl sites for hydroxylation is 1. The molecule has 0 bridgehead atoms. The second kappa shape index (κ2) is 6.56. The zero-order valence-corrected chi connectivity index (χ0v) is 12.3. The fraction of sp³-hybridized carbons (Fsp3) is 0.462. The lowest BCUT2D eigenvalue weighted by Crippen LogP contribution is -2.24. The summed E-state index contributed by atoms with van der Waals surface area (Å²) in [7, 11) is -3.34. The van der Waals surface area contributed by atoms with E-state index in [9.17, 15) is 13.2 Å². The van der Waals surface area contributed by atoms with Crippen molar-refractivity contribution in [3.05, 3.63) is 29.3 Å². The zero-order chi connectivity index (χ0) is 14.5. The van der Waals surface area contributed by atoms with Gasteiger partial charge in [-0.3, -0.25) is 9.52 Å². The van der Waals surface area contributed by atoms with Crippen LogP contribution in [0.4, 0.5) is 5.69 Å². The number of hydrogen-bond acceptors (Lipinski definition) is 3. The highest BCUT2D eigenvalue weighted by atomic mass is 32.2. The maximum Gasteiger partial charge on any atom is 0.251 e. The van der Waals surface area contributed by atoms with Gasteiger partial charge in [-0.25, -0.2) is 8.42 Å². The molecule has 0 saturated heterocycles. The molecule has 0 aliphatic carbocycles. The van der Waals surface area contributed by atoms with E-state index in [0.717, 1.165) is 24.7 Å². The number of sulfonamides is 1. The molecular weight excluding hydrogens is 264 g/mol. The van der Waals surface area contributed by atoms with E-state index in [1.54, 1.807) is 25.1 Å². The Kier molecular flexibility index (Phi) is 5.35. The molecule has 0 fully saturated rings. The lowest BCUT2D eigenvalue weighted by molar-refractivity contribution is 0.0953. The Bertz CT molecular complexity index is 553. The van der Waals surface area contributed by atoms with E-state index in [2.05, 4.69) is 10.0 Å². The normalized spacial score (nSPS) is 11.1. The van der Waals surface area contributed by atoms with E-state index in [-0.39, 0.29) is 5.91 Å². The highest BCUT2D eigenvalue weighted by Crippen LogP contribution is 2.18. The summed E-state index contributed by atoms with van der Waals surface area (Å²) in [5.41, 5.74) is 1.66. The molecule has 0 saturated carbocycles. The van der Waals surface area contributed by atoms with Crippen LogP contribution in [-0.2, 0) is 10.0 Å². The summed E-state index contributed by atoms with van der Waals surface area (Å²) < 4.78 is 24.9. The van der Waals surface area contributed by atoms with Gasteiger partial charge in [0.25, 0.3) is 5.91 Å². The maximum atomic E-state index is 11.9. The van der Waals surface area contributed by atoms with Crippen LogP contribution < -0.4 is 10.0 Å². The molecule has 5 nitrogen and oxygen atoms in total. The van der Waals surface area contributed by atoms with Crippen LogP contribution in [0.25, 0.3) is 0 Å². The van der Waals surface area contributed by atoms with Crippen LogP contribution in [0.1, 0.15) is 35.7 Å². The van der Waals surface area contributed by atoms with Crippen molar-refractivity contribution in [2.45, 2.75) is 26.7 Å². The average Bonchev–Trinajstić information content (AvgIpc) is 2.30. The predicted molar refractivity (Wildman–Crippen MR) is 76.9 cm³/mol. The molecule has 0 atom stereocenters. The van der Waals surface area contributed by atoms with Crippen molar-refractivity contribution in [2.24, 2.45) is 0 Å². The van der Waals surface area contributed by atoms with Crippen molar-refractivity contribution >= 4 is 21.6 Å². The molecule has 0 aromatic heterocycles. The summed E-state index contributed by atoms with van der Waals surface area (Å²) in [6.07, 6.45) is 3.02. The number of anilines is 1. The second-order valence-corrected chi connectivity index (χ2v) is 6.26. The molecule has 1 rings (SSSR count). The van der Waals surface area contributed by atoms with Crippen LogP contribution in [0.2, 0.25) is 0 Å². The summed E-state index contributed by atoms with van der Waals surface area (Å²) in [5, 5.41) is 2.79. The van der Waals surface area contributed by atoms with Crippen LogP contribution in [-0.4, -0.2) is 27.1 Å². The van der Waals surface area contributed by atoms with Gasteiger partial charge in [-0.05, 0) is 31.0 Å². The van der Waals surface area contributed by atoms with Gasteiger partial charge in [0, 0.05) is 12.1 Å². The Labute approximate surface area is 114 Å². The van der Waals surface area contributed by atoms with Crippen molar-refractivity contribution < 1.29 is 13.2 Å². The van der Waals surface area contributed by atoms with Gasteiger partial charge < -0.3 is 5.32 Å². The molecule has 1 aromatic rings. The summed E-state index contributed by atoms with van der Waals surface area (Å²) in [4.78, 5) is 11.9. The molecule has 1 aromatic carbocycles. The summed E-state index contributed by atoms with van der Waals surface area (Å²) in [6.45, 7) is 4.45. The molecule has 0 spiro atoms. The van der Waals surface area contributed by atoms with Gasteiger partial charge in [0.05, 0.1) is 11.9 Å². The van der Waals surface area contributed by atoms with E-state index in [0.29, 0.717) is 17.8 Å². The molecule has 0 heterocycles. The number of carbonyl (C=O) groups excluding carboxylic acids is 1. The lowest BCUT2D eigenvalue weighted by Gasteiger charge is -2.10. The Morgan fingerprint density at radius 2 is 2.00 bits per heavy atom. The first-order valence-electron chi connectivity index (χ1n) is 6.20. The van der Waals surface area contributed by atoms with Gasteiger partial charge in [0.15, 0.2) is 0 Å². The molecule has 0 radical (unpaired) electrons. The van der Waals surface area contributed by atoms with Crippen molar-refractivity contribution in [2.75, 3.05) is 17.5 Å². The first-order chi connectivity index (χ1) is 8.83. The Balaban J connectivity index is 2.86. The summed E-state index contributed by atoms with van der Waals surface area (Å²) >= 11 is 0. The van der Waals surface area contributed by atoms with Gasteiger partial charge in [0.2, 0.25) is 10.0 Å². The quantitative estimate of drug-likeness (QED) is 0.783. The SMILES string of the molecule is CCCCNC(=O)c1ccc(C)c(NS(C)(=O)=O)c1. The number of amides is 1. The van der Waals surface area contributed by atoms with E-state index in [1.807, 2.05) is 6.92 Å². The van der Waals surface area contributed by atoms with E-state index >= 15 is 0 Å². The molecule has 1 amide bonds. The molecule has 2 N–H and O–H groups in total. The molecule has 0 aliphatic rings. The predicted octanol–water partition coefficient (Wildman–Crippen LogP) is 1.90. The number of benzene rings is 1. The van der Waals surface area contributed by atoms with Crippen LogP contribution in [0.15, 0.2) is 18.2 Å². The van der Waals surface area contributed by atoms with Crippen molar-refractivity contribution in [1.29, 1.82) is 0 Å². The lowest BCUT2D eigenvalue weighted by atomic mass is 10.1. The molecule has 106 valence electrons. The first kappa shape index (κ1) is 15.5. The largest absolute Gasteiger partial charge is 0.352 e. The van der Waals surface area contributed by atoms with Gasteiger partial charge >= 0.3 is 0 Å². The molecular formula is C13H20N2O3S. The fourth-order valence-corrected chi connectivity index (χ4v) is 2.17. The topological polar surface area (TPSA) is 75.3 Å². The Morgan fingerprint density at radius 1 is 1.32 bits per heavy atom. The highest BCUT2D eigenvalue weighted by Gasteiger charge is 2.10. The van der Waals surface area contributed by atoms with E-state index in [4.69, 9.17) is 0 Å². The van der Waals surface area contributed by atoms with Crippen LogP contribution >= 0.6 is 0 Å². The standard InChI is InChI=1S/C13H20N2O3S/c1-4-5-8-14-13(16)11-7-6-10(2)12(9-11)15-19(3,17)18/h6-7,9,15H,4-5,8H2,1-3H3,(H,14,16). The summed E-state index contributed by atoms with van der Waals surface area (Å²) in [5.74, 6) is -0.190. The van der Waals surface area contributed by atoms with E-state index in [1.165, 1.54) is 0 Å². The number of rotatable bonds is 6. The monoisotopic (exact) mass is 284 g/mol. The van der Waals surface area contributed by atoms with Crippen LogP contribution in [0, 0.1) is 6.92 Å². The van der Waals surface area contributed by atoms with Crippen molar-refractivity contribution in [3.8, 4) is 0 Å². The Hall–Kier alpha value is -1.56. The molecule has 0 unspecified atom stereocenters. The third-order valence-corrected chi connectivity index (χ3v) is 3.20. The smallest absolute Gasteiger partial charge is 0.251 e. The maximum absolute atomic E-state index is 11.9. The van der Waals surface area contributed by atoms with E-state index < -0.39 is 10.0 Å². The number of unbranched alkanes of at least 4 members (excludes halogenated alkanes) is 1. The second-order valence-electron chi connectivity index (χ2n) is 4.51. The van der Waals surface area contributed by atoms with Crippen LogP contribution in [0.3, 0.4) is 0 Å². The van der Waals surface area contributed by atoms with Gasteiger partial charge in [-0.1, -0.05) is 19.4 Å². The molecule has 0 aliphatic heterocycles. The van der Waals surface area contributed by atoms with Gasteiger partial charge in [0.1, 0.15) is 0 Å². The minimum atomic E-state index is -3.34. The minimum Gasteiger partial charge on any atom is -0.352 e. The molecule has 19 heavy (non-hydrogen) atoms. The van der Waals surface area contributed by atoms with Gasteiger partial charge in [-0.15, -0.1) is 0 Å². The number of carbonyl (C=O) groups is 1. The third-order valence-electron chi connectivity index (χ3n) is 2.61. The van der Waals surface area contributed by atoms with Crippen LogP contribution in [0.5, 0.6) is 0 Å². The number of nitrogens with one attached hydrogen (secondary N) is 2. The Morgan fingerprint density at radius 3 is 2.58 bits per heavy atom. The minimum absolute atomic E-state index is 0.190.